The number of aromatic nitrogens is 2. The summed E-state index contributed by atoms with van der Waals surface area (Å²) in [5.41, 5.74) is 5.46. The lowest BCUT2D eigenvalue weighted by molar-refractivity contribution is -0.182. The molecule has 0 amide bonds. The topological polar surface area (TPSA) is 115 Å². The third kappa shape index (κ3) is 8.38. The van der Waals surface area contributed by atoms with E-state index in [4.69, 9.17) is 40.0 Å². The van der Waals surface area contributed by atoms with Crippen LogP contribution < -0.4 is 14.2 Å². The van der Waals surface area contributed by atoms with Gasteiger partial charge in [0.15, 0.2) is 6.29 Å². The lowest BCUT2D eigenvalue weighted by atomic mass is 9.94. The maximum atomic E-state index is 14.2. The molecule has 2 aromatic heterocycles. The summed E-state index contributed by atoms with van der Waals surface area (Å²) in [5.74, 6) is 0.292. The first-order chi connectivity index (χ1) is 27.3. The third-order valence-electron chi connectivity index (χ3n) is 9.31. The van der Waals surface area contributed by atoms with E-state index in [2.05, 4.69) is 9.97 Å². The smallest absolute Gasteiger partial charge is 0.347 e. The number of nitrogens with zero attached hydrogens (tertiary/aromatic N) is 2. The van der Waals surface area contributed by atoms with E-state index in [0.717, 1.165) is 45.6 Å². The Morgan fingerprint density at radius 3 is 2.52 bits per heavy atom. The Balaban J connectivity index is 1.31. The number of halogens is 2. The van der Waals surface area contributed by atoms with E-state index in [9.17, 15) is 14.0 Å². The van der Waals surface area contributed by atoms with E-state index < -0.39 is 18.4 Å². The average Bonchev–Trinajstić information content (AvgIpc) is 3.62. The van der Waals surface area contributed by atoms with Crippen molar-refractivity contribution in [2.24, 2.45) is 0 Å². The monoisotopic (exact) mass is 796 g/mol. The molecule has 288 valence electrons. The van der Waals surface area contributed by atoms with Gasteiger partial charge in [0.05, 0.1) is 37.3 Å². The van der Waals surface area contributed by atoms with Crippen LogP contribution in [-0.4, -0.2) is 55.3 Å². The largest absolute Gasteiger partial charge is 0.497 e. The van der Waals surface area contributed by atoms with Crippen LogP contribution in [0, 0.1) is 12.7 Å². The Bertz CT molecular complexity index is 2350. The zero-order valence-corrected chi connectivity index (χ0v) is 32.5. The second kappa shape index (κ2) is 17.6. The number of benzene rings is 4. The van der Waals surface area contributed by atoms with Crippen LogP contribution in [0.5, 0.6) is 17.4 Å². The van der Waals surface area contributed by atoms with E-state index in [0.29, 0.717) is 56.5 Å². The van der Waals surface area contributed by atoms with Crippen LogP contribution in [0.2, 0.25) is 5.02 Å². The normalized spacial score (nSPS) is 13.7. The summed E-state index contributed by atoms with van der Waals surface area (Å²) in [7, 11) is 1.60. The molecule has 3 heterocycles. The highest BCUT2D eigenvalue weighted by molar-refractivity contribution is 7.22. The molecule has 0 N–H and O–H groups in total. The molecule has 0 radical (unpaired) electrons. The minimum atomic E-state index is -1.21. The second-order valence-corrected chi connectivity index (χ2v) is 14.3. The van der Waals surface area contributed by atoms with Gasteiger partial charge < -0.3 is 28.4 Å². The maximum Gasteiger partial charge on any atom is 0.347 e. The molecule has 0 bridgehead atoms. The molecule has 56 heavy (non-hydrogen) atoms. The van der Waals surface area contributed by atoms with Gasteiger partial charge in [0.1, 0.15) is 41.4 Å². The van der Waals surface area contributed by atoms with Crippen LogP contribution in [0.25, 0.3) is 31.8 Å². The number of aldehydes is 1. The van der Waals surface area contributed by atoms with Crippen molar-refractivity contribution < 1.29 is 42.4 Å². The summed E-state index contributed by atoms with van der Waals surface area (Å²) in [6, 6.07) is 22.5. The summed E-state index contributed by atoms with van der Waals surface area (Å²) in [6.07, 6.45) is 1.05. The standard InChI is InChI=1S/C43H38ClFN2O8S/c1-4-51-42(49)35(21-29-20-27(22-48)8-17-34(29)54-23-26-6-13-31(50-3)14-7-26)55-40-37-36(32-15-16-33(38(44)25(32)2)43-52-18-5-19-53-43)39(56-41(37)47-24-46-40)28-9-11-30(45)12-10-28/h6-17,20,22,24,35,43H,4-5,18-19,21,23H2,1-3H3. The molecule has 0 saturated carbocycles. The molecular weight excluding hydrogens is 759 g/mol. The van der Waals surface area contributed by atoms with Gasteiger partial charge in [-0.25, -0.2) is 19.2 Å². The van der Waals surface area contributed by atoms with Crippen LogP contribution in [0.15, 0.2) is 85.2 Å². The fraction of sp³-hybridized carbons (Fsp3) is 0.256. The molecule has 6 aromatic rings. The summed E-state index contributed by atoms with van der Waals surface area (Å²) in [6.45, 7) is 5.05. The first-order valence-corrected chi connectivity index (χ1v) is 19.2. The second-order valence-electron chi connectivity index (χ2n) is 12.9. The highest BCUT2D eigenvalue weighted by atomic mass is 35.5. The van der Waals surface area contributed by atoms with Gasteiger partial charge in [-0.1, -0.05) is 48.0 Å². The van der Waals surface area contributed by atoms with Gasteiger partial charge in [-0.05, 0) is 90.6 Å². The molecular formula is C43H38ClFN2O8S. The Hall–Kier alpha value is -5.40. The molecule has 1 aliphatic heterocycles. The molecule has 1 atom stereocenters. The van der Waals surface area contributed by atoms with Crippen LogP contribution in [0.1, 0.15) is 52.2 Å². The zero-order chi connectivity index (χ0) is 39.2. The number of thiophene rings is 1. The molecule has 13 heteroatoms. The highest BCUT2D eigenvalue weighted by Gasteiger charge is 2.30. The Morgan fingerprint density at radius 2 is 1.80 bits per heavy atom. The Labute approximate surface area is 332 Å². The number of hydrogen-bond donors (Lipinski definition) is 0. The van der Waals surface area contributed by atoms with Gasteiger partial charge in [-0.15, -0.1) is 11.3 Å². The average molecular weight is 797 g/mol. The quantitative estimate of drug-likeness (QED) is 0.0780. The van der Waals surface area contributed by atoms with Gasteiger partial charge in [-0.3, -0.25) is 4.79 Å². The van der Waals surface area contributed by atoms with Crippen LogP contribution >= 0.6 is 22.9 Å². The first kappa shape index (κ1) is 38.9. The SMILES string of the molecule is CCOC(=O)C(Cc1cc(C=O)ccc1OCc1ccc(OC)cc1)Oc1ncnc2sc(-c3ccc(F)cc3)c(-c3ccc(C4OCCCO4)c(Cl)c3C)c12. The Kier molecular flexibility index (Phi) is 12.2. The lowest BCUT2D eigenvalue weighted by Gasteiger charge is -2.25. The van der Waals surface area contributed by atoms with Gasteiger partial charge in [0.25, 0.3) is 0 Å². The van der Waals surface area contributed by atoms with E-state index in [1.807, 2.05) is 43.3 Å². The van der Waals surface area contributed by atoms with Gasteiger partial charge in [-0.2, -0.15) is 0 Å². The van der Waals surface area contributed by atoms with E-state index >= 15 is 0 Å². The number of rotatable bonds is 14. The van der Waals surface area contributed by atoms with E-state index in [1.165, 1.54) is 29.8 Å². The predicted molar refractivity (Wildman–Crippen MR) is 211 cm³/mol. The summed E-state index contributed by atoms with van der Waals surface area (Å²) in [5, 5.41) is 1.00. The first-order valence-electron chi connectivity index (χ1n) is 18.0. The fourth-order valence-electron chi connectivity index (χ4n) is 6.48. The Morgan fingerprint density at radius 1 is 1.04 bits per heavy atom. The molecule has 1 aliphatic rings. The van der Waals surface area contributed by atoms with Crippen molar-refractivity contribution in [3.05, 3.63) is 124 Å². The minimum Gasteiger partial charge on any atom is -0.497 e. The number of methoxy groups -OCH3 is 1. The van der Waals surface area contributed by atoms with Crippen molar-refractivity contribution >= 4 is 45.4 Å². The van der Waals surface area contributed by atoms with Crippen molar-refractivity contribution in [1.29, 1.82) is 0 Å². The molecule has 0 aliphatic carbocycles. The molecule has 1 saturated heterocycles. The van der Waals surface area contributed by atoms with Gasteiger partial charge in [0.2, 0.25) is 12.0 Å². The van der Waals surface area contributed by atoms with Gasteiger partial charge >= 0.3 is 5.97 Å². The van der Waals surface area contributed by atoms with Crippen LogP contribution in [0.4, 0.5) is 4.39 Å². The predicted octanol–water partition coefficient (Wildman–Crippen LogP) is 9.52. The maximum absolute atomic E-state index is 14.2. The van der Waals surface area contributed by atoms with Crippen LogP contribution in [-0.2, 0) is 32.0 Å². The number of ether oxygens (including phenoxy) is 6. The molecule has 0 spiro atoms. The van der Waals surface area contributed by atoms with Crippen molar-refractivity contribution in [2.45, 2.75) is 45.7 Å². The number of esters is 1. The highest BCUT2D eigenvalue weighted by Crippen LogP contribution is 2.49. The number of hydrogen-bond acceptors (Lipinski definition) is 11. The van der Waals surface area contributed by atoms with Crippen molar-refractivity contribution in [3.63, 3.8) is 0 Å². The molecule has 1 unspecified atom stereocenters. The van der Waals surface area contributed by atoms with Crippen molar-refractivity contribution in [1.82, 2.24) is 9.97 Å². The lowest BCUT2D eigenvalue weighted by Crippen LogP contribution is -2.32. The zero-order valence-electron chi connectivity index (χ0n) is 30.9. The molecule has 7 rings (SSSR count). The molecule has 1 fully saturated rings. The summed E-state index contributed by atoms with van der Waals surface area (Å²) in [4.78, 5) is 36.1. The summed E-state index contributed by atoms with van der Waals surface area (Å²) >= 11 is 8.43. The fourth-order valence-corrected chi connectivity index (χ4v) is 7.89. The third-order valence-corrected chi connectivity index (χ3v) is 11.0. The molecule has 10 nitrogen and oxygen atoms in total. The van der Waals surface area contributed by atoms with Crippen molar-refractivity contribution in [2.75, 3.05) is 26.9 Å². The van der Waals surface area contributed by atoms with Crippen LogP contribution in [0.3, 0.4) is 0 Å². The molecule has 4 aromatic carbocycles. The van der Waals surface area contributed by atoms with Crippen molar-refractivity contribution in [3.8, 4) is 38.9 Å². The number of carbonyl (C=O) groups is 2. The number of carbonyl (C=O) groups excluding carboxylic acids is 2. The number of fused-ring (bicyclic) bond motifs is 1. The summed E-state index contributed by atoms with van der Waals surface area (Å²) < 4.78 is 49.5. The van der Waals surface area contributed by atoms with E-state index in [1.54, 1.807) is 44.4 Å². The van der Waals surface area contributed by atoms with E-state index in [-0.39, 0.29) is 31.3 Å². The minimum absolute atomic E-state index is 0.0187. The van der Waals surface area contributed by atoms with Gasteiger partial charge in [0, 0.05) is 28.0 Å².